The van der Waals surface area contributed by atoms with Crippen molar-refractivity contribution >= 4 is 19.4 Å². The smallest absolute Gasteiger partial charge is 0.284 e. The van der Waals surface area contributed by atoms with Crippen molar-refractivity contribution in [2.75, 3.05) is 0 Å². The van der Waals surface area contributed by atoms with Crippen LogP contribution in [0.3, 0.4) is 0 Å². The van der Waals surface area contributed by atoms with E-state index in [1.165, 1.54) is 0 Å². The first-order valence-corrected chi connectivity index (χ1v) is 6.98. The van der Waals surface area contributed by atoms with E-state index in [1.54, 1.807) is 27.7 Å². The number of rotatable bonds is 7. The molecule has 0 aromatic carbocycles. The molecule has 0 spiro atoms. The standard InChI is InChI=1S/C9H20ClO4P/c1-6-9(10)14-15(11,12-7(2)3)13-8(4)5/h7-9H,6H2,1-5H3. The van der Waals surface area contributed by atoms with Crippen LogP contribution < -0.4 is 0 Å². The van der Waals surface area contributed by atoms with Gasteiger partial charge in [-0.3, -0.25) is 13.6 Å². The summed E-state index contributed by atoms with van der Waals surface area (Å²) >= 11 is 5.76. The lowest BCUT2D eigenvalue weighted by Crippen LogP contribution is -2.13. The van der Waals surface area contributed by atoms with E-state index in [2.05, 4.69) is 0 Å². The highest BCUT2D eigenvalue weighted by Gasteiger charge is 2.32. The molecular weight excluding hydrogens is 239 g/mol. The summed E-state index contributed by atoms with van der Waals surface area (Å²) in [6.45, 7) is 8.86. The van der Waals surface area contributed by atoms with E-state index in [9.17, 15) is 4.57 Å². The van der Waals surface area contributed by atoms with Crippen molar-refractivity contribution in [2.24, 2.45) is 0 Å². The van der Waals surface area contributed by atoms with E-state index in [0.29, 0.717) is 6.42 Å². The second-order valence-electron chi connectivity index (χ2n) is 3.68. The summed E-state index contributed by atoms with van der Waals surface area (Å²) in [6, 6.07) is 0. The highest BCUT2D eigenvalue weighted by Crippen LogP contribution is 2.53. The van der Waals surface area contributed by atoms with Gasteiger partial charge in [0.2, 0.25) is 0 Å². The highest BCUT2D eigenvalue weighted by atomic mass is 35.5. The third-order valence-electron chi connectivity index (χ3n) is 1.24. The number of alkyl halides is 1. The molecule has 0 rings (SSSR count). The topological polar surface area (TPSA) is 44.8 Å². The third-order valence-corrected chi connectivity index (χ3v) is 3.64. The molecule has 4 nitrogen and oxygen atoms in total. The SMILES string of the molecule is CCC(Cl)OP(=O)(OC(C)C)OC(C)C. The van der Waals surface area contributed by atoms with E-state index in [-0.39, 0.29) is 12.2 Å². The van der Waals surface area contributed by atoms with Crippen molar-refractivity contribution in [1.82, 2.24) is 0 Å². The maximum absolute atomic E-state index is 12.1. The van der Waals surface area contributed by atoms with E-state index in [1.807, 2.05) is 6.92 Å². The Morgan fingerprint density at radius 2 is 1.47 bits per heavy atom. The van der Waals surface area contributed by atoms with Crippen LogP contribution in [-0.4, -0.2) is 17.8 Å². The van der Waals surface area contributed by atoms with E-state index in [4.69, 9.17) is 25.2 Å². The van der Waals surface area contributed by atoms with Crippen LogP contribution >= 0.6 is 19.4 Å². The minimum Gasteiger partial charge on any atom is -0.284 e. The van der Waals surface area contributed by atoms with E-state index in [0.717, 1.165) is 0 Å². The molecule has 0 fully saturated rings. The van der Waals surface area contributed by atoms with E-state index >= 15 is 0 Å². The van der Waals surface area contributed by atoms with Crippen LogP contribution in [0.25, 0.3) is 0 Å². The van der Waals surface area contributed by atoms with Gasteiger partial charge in [-0.1, -0.05) is 18.5 Å². The molecule has 1 unspecified atom stereocenters. The van der Waals surface area contributed by atoms with Crippen LogP contribution in [-0.2, 0) is 18.1 Å². The number of phosphoric ester groups is 1. The van der Waals surface area contributed by atoms with Gasteiger partial charge in [-0.25, -0.2) is 4.57 Å². The van der Waals surface area contributed by atoms with Gasteiger partial charge in [0, 0.05) is 0 Å². The van der Waals surface area contributed by atoms with Crippen LogP contribution in [0.4, 0.5) is 0 Å². The maximum atomic E-state index is 12.1. The molecule has 0 amide bonds. The Bertz CT molecular complexity index is 206. The second-order valence-corrected chi connectivity index (χ2v) is 5.69. The summed E-state index contributed by atoms with van der Waals surface area (Å²) in [6.07, 6.45) is 0.0553. The van der Waals surface area contributed by atoms with Crippen molar-refractivity contribution in [3.05, 3.63) is 0 Å². The van der Waals surface area contributed by atoms with Gasteiger partial charge in [0.15, 0.2) is 0 Å². The molecule has 0 heterocycles. The predicted octanol–water partition coefficient (Wildman–Crippen LogP) is 3.94. The molecule has 1 atom stereocenters. The van der Waals surface area contributed by atoms with Crippen molar-refractivity contribution in [2.45, 2.75) is 58.8 Å². The lowest BCUT2D eigenvalue weighted by Gasteiger charge is -2.23. The molecule has 0 bridgehead atoms. The molecular formula is C9H20ClO4P. The number of halogens is 1. The van der Waals surface area contributed by atoms with Gasteiger partial charge >= 0.3 is 7.82 Å². The third kappa shape index (κ3) is 7.31. The van der Waals surface area contributed by atoms with Gasteiger partial charge in [0.25, 0.3) is 0 Å². The monoisotopic (exact) mass is 258 g/mol. The molecule has 15 heavy (non-hydrogen) atoms. The fraction of sp³-hybridized carbons (Fsp3) is 1.00. The van der Waals surface area contributed by atoms with Crippen LogP contribution in [0, 0.1) is 0 Å². The lowest BCUT2D eigenvalue weighted by molar-refractivity contribution is 0.0643. The molecule has 0 aliphatic rings. The number of hydrogen-bond donors (Lipinski definition) is 0. The molecule has 0 N–H and O–H groups in total. The molecule has 0 aromatic rings. The molecule has 0 saturated heterocycles. The Balaban J connectivity index is 4.47. The first-order valence-electron chi connectivity index (χ1n) is 5.08. The van der Waals surface area contributed by atoms with Gasteiger partial charge in [-0.15, -0.1) is 0 Å². The Hall–Kier alpha value is 0.400. The van der Waals surface area contributed by atoms with Crippen LogP contribution in [0.1, 0.15) is 41.0 Å². The molecule has 6 heteroatoms. The predicted molar refractivity (Wildman–Crippen MR) is 61.1 cm³/mol. The Morgan fingerprint density at radius 1 is 1.07 bits per heavy atom. The summed E-state index contributed by atoms with van der Waals surface area (Å²) in [5.41, 5.74) is -0.659. The molecule has 0 radical (unpaired) electrons. The summed E-state index contributed by atoms with van der Waals surface area (Å²) in [4.78, 5) is 0. The van der Waals surface area contributed by atoms with Gasteiger partial charge in [-0.05, 0) is 34.1 Å². The summed E-state index contributed by atoms with van der Waals surface area (Å²) in [5, 5.41) is 0. The molecule has 0 saturated carbocycles. The second kappa shape index (κ2) is 6.87. The van der Waals surface area contributed by atoms with Gasteiger partial charge < -0.3 is 0 Å². The van der Waals surface area contributed by atoms with Crippen LogP contribution in [0.2, 0.25) is 0 Å². The normalized spacial score (nSPS) is 14.9. The van der Waals surface area contributed by atoms with Crippen LogP contribution in [0.15, 0.2) is 0 Å². The maximum Gasteiger partial charge on any atom is 0.476 e. The van der Waals surface area contributed by atoms with Gasteiger partial charge in [0.05, 0.1) is 12.2 Å². The molecule has 0 aliphatic heterocycles. The van der Waals surface area contributed by atoms with Crippen molar-refractivity contribution in [3.8, 4) is 0 Å². The Morgan fingerprint density at radius 3 is 1.73 bits per heavy atom. The van der Waals surface area contributed by atoms with Crippen LogP contribution in [0.5, 0.6) is 0 Å². The molecule has 0 aromatic heterocycles. The average molecular weight is 259 g/mol. The zero-order chi connectivity index (χ0) is 12.1. The van der Waals surface area contributed by atoms with Crippen molar-refractivity contribution in [1.29, 1.82) is 0 Å². The minimum absolute atomic E-state index is 0.240. The zero-order valence-corrected chi connectivity index (χ0v) is 11.5. The Labute approximate surface area is 96.9 Å². The molecule has 0 aliphatic carbocycles. The van der Waals surface area contributed by atoms with Gasteiger partial charge in [0.1, 0.15) is 5.56 Å². The number of hydrogen-bond acceptors (Lipinski definition) is 4. The quantitative estimate of drug-likeness (QED) is 0.513. The fourth-order valence-corrected chi connectivity index (χ4v) is 2.71. The largest absolute Gasteiger partial charge is 0.476 e. The highest BCUT2D eigenvalue weighted by molar-refractivity contribution is 7.48. The van der Waals surface area contributed by atoms with Crippen molar-refractivity contribution < 1.29 is 18.1 Å². The minimum atomic E-state index is -3.54. The molecule has 92 valence electrons. The fourth-order valence-electron chi connectivity index (χ4n) is 0.806. The summed E-state index contributed by atoms with van der Waals surface area (Å²) < 4.78 is 27.4. The van der Waals surface area contributed by atoms with E-state index < -0.39 is 13.4 Å². The zero-order valence-electron chi connectivity index (χ0n) is 9.90. The summed E-state index contributed by atoms with van der Waals surface area (Å²) in [7, 11) is -3.54. The average Bonchev–Trinajstić information content (AvgIpc) is 1.99. The first kappa shape index (κ1) is 15.4. The van der Waals surface area contributed by atoms with Gasteiger partial charge in [-0.2, -0.15) is 0 Å². The number of phosphoric acid groups is 1. The summed E-state index contributed by atoms with van der Waals surface area (Å²) in [5.74, 6) is 0. The Kier molecular flexibility index (Phi) is 7.05. The van der Waals surface area contributed by atoms with Crippen molar-refractivity contribution in [3.63, 3.8) is 0 Å². The first-order chi connectivity index (χ1) is 6.79. The lowest BCUT2D eigenvalue weighted by atomic mass is 10.5.